The van der Waals surface area contributed by atoms with Crippen molar-refractivity contribution in [3.8, 4) is 17.3 Å². The molecule has 1 amide bonds. The number of unbranched alkanes of at least 4 members (excludes halogenated alkanes) is 1. The van der Waals surface area contributed by atoms with Crippen molar-refractivity contribution in [3.63, 3.8) is 0 Å². The Morgan fingerprint density at radius 3 is 2.78 bits per heavy atom. The van der Waals surface area contributed by atoms with Gasteiger partial charge < -0.3 is 18.9 Å². The Balaban J connectivity index is 1.48. The number of fused-ring (bicyclic) bond motifs is 1. The Kier molecular flexibility index (Phi) is 7.75. The lowest BCUT2D eigenvalue weighted by atomic mass is 9.87. The molecule has 36 heavy (non-hydrogen) atoms. The molecule has 192 valence electrons. The SMILES string of the molecule is CCCCOC(=O)N1CC(CC#N)(n2cc(-c3ncnc4c3ccn4COCC[Si](C)(C)C)cn2)C1. The minimum absolute atomic E-state index is 0.247. The molecule has 0 unspecified atom stereocenters. The summed E-state index contributed by atoms with van der Waals surface area (Å²) in [6, 6.07) is 5.36. The van der Waals surface area contributed by atoms with Crippen LogP contribution in [-0.2, 0) is 21.7 Å². The zero-order chi connectivity index (χ0) is 25.8. The average Bonchev–Trinajstić information content (AvgIpc) is 3.46. The minimum Gasteiger partial charge on any atom is -0.449 e. The molecule has 0 saturated carbocycles. The highest BCUT2D eigenvalue weighted by atomic mass is 28.3. The Morgan fingerprint density at radius 2 is 2.06 bits per heavy atom. The molecule has 0 aliphatic carbocycles. The second-order valence-corrected chi connectivity index (χ2v) is 16.3. The van der Waals surface area contributed by atoms with Gasteiger partial charge >= 0.3 is 6.09 Å². The van der Waals surface area contributed by atoms with Crippen LogP contribution in [0.1, 0.15) is 26.2 Å². The number of ether oxygens (including phenoxy) is 2. The van der Waals surface area contributed by atoms with Crippen molar-refractivity contribution >= 4 is 25.2 Å². The second-order valence-electron chi connectivity index (χ2n) is 10.6. The normalized spacial score (nSPS) is 15.0. The maximum absolute atomic E-state index is 12.3. The molecule has 0 aromatic carbocycles. The summed E-state index contributed by atoms with van der Waals surface area (Å²) in [6.45, 7) is 11.4. The van der Waals surface area contributed by atoms with Gasteiger partial charge in [-0.3, -0.25) is 4.68 Å². The number of amides is 1. The van der Waals surface area contributed by atoms with Crippen LogP contribution in [-0.4, -0.2) is 69.7 Å². The van der Waals surface area contributed by atoms with Gasteiger partial charge in [0.15, 0.2) is 0 Å². The maximum Gasteiger partial charge on any atom is 0.409 e. The lowest BCUT2D eigenvalue weighted by molar-refractivity contribution is -0.000368. The average molecular weight is 510 g/mol. The molecule has 0 atom stereocenters. The first-order valence-electron chi connectivity index (χ1n) is 12.5. The van der Waals surface area contributed by atoms with Crippen LogP contribution in [0, 0.1) is 11.3 Å². The van der Waals surface area contributed by atoms with E-state index in [0.29, 0.717) is 26.4 Å². The molecule has 1 aliphatic rings. The number of likely N-dealkylation sites (tertiary alicyclic amines) is 1. The van der Waals surface area contributed by atoms with Gasteiger partial charge in [0.2, 0.25) is 0 Å². The fourth-order valence-electron chi connectivity index (χ4n) is 4.26. The van der Waals surface area contributed by atoms with Gasteiger partial charge in [0.25, 0.3) is 0 Å². The quantitative estimate of drug-likeness (QED) is 0.277. The highest BCUT2D eigenvalue weighted by Gasteiger charge is 2.48. The summed E-state index contributed by atoms with van der Waals surface area (Å²) in [5.74, 6) is 0. The number of nitriles is 1. The molecule has 3 aromatic rings. The fourth-order valence-corrected chi connectivity index (χ4v) is 5.01. The zero-order valence-corrected chi connectivity index (χ0v) is 22.6. The Bertz CT molecular complexity index is 1230. The predicted molar refractivity (Wildman–Crippen MR) is 139 cm³/mol. The van der Waals surface area contributed by atoms with Crippen molar-refractivity contribution in [2.45, 2.75) is 64.1 Å². The fraction of sp³-hybridized carbons (Fsp3) is 0.560. The van der Waals surface area contributed by atoms with E-state index in [1.165, 1.54) is 0 Å². The highest BCUT2D eigenvalue weighted by molar-refractivity contribution is 6.76. The van der Waals surface area contributed by atoms with Crippen LogP contribution in [0.25, 0.3) is 22.3 Å². The zero-order valence-electron chi connectivity index (χ0n) is 21.6. The molecule has 11 heteroatoms. The third-order valence-electron chi connectivity index (χ3n) is 6.48. The largest absolute Gasteiger partial charge is 0.449 e. The molecule has 0 radical (unpaired) electrons. The summed E-state index contributed by atoms with van der Waals surface area (Å²) < 4.78 is 15.0. The molecule has 4 heterocycles. The molecule has 1 saturated heterocycles. The Hall–Kier alpha value is -3.23. The molecule has 0 bridgehead atoms. The first-order chi connectivity index (χ1) is 17.3. The van der Waals surface area contributed by atoms with Crippen LogP contribution in [0.15, 0.2) is 31.0 Å². The van der Waals surface area contributed by atoms with Crippen molar-refractivity contribution in [1.29, 1.82) is 5.26 Å². The molecule has 4 rings (SSSR count). The molecule has 0 spiro atoms. The van der Waals surface area contributed by atoms with Crippen LogP contribution >= 0.6 is 0 Å². The van der Waals surface area contributed by atoms with Crippen molar-refractivity contribution in [3.05, 3.63) is 31.0 Å². The van der Waals surface area contributed by atoms with E-state index >= 15 is 0 Å². The summed E-state index contributed by atoms with van der Waals surface area (Å²) in [5.41, 5.74) is 1.84. The number of hydrogen-bond donors (Lipinski definition) is 0. The van der Waals surface area contributed by atoms with Crippen LogP contribution in [0.4, 0.5) is 4.79 Å². The van der Waals surface area contributed by atoms with E-state index < -0.39 is 13.6 Å². The summed E-state index contributed by atoms with van der Waals surface area (Å²) in [6.07, 6.45) is 8.89. The number of carbonyl (C=O) groups excluding carboxylic acids is 1. The molecule has 10 nitrogen and oxygen atoms in total. The van der Waals surface area contributed by atoms with Gasteiger partial charge in [0, 0.05) is 38.0 Å². The standard InChI is InChI=1S/C25H35N7O3Si/c1-5-6-11-35-24(33)31-16-25(17-31,8-9-26)32-15-20(14-29-32)22-21-7-10-30(23(21)28-18-27-22)19-34-12-13-36(2,3)4/h7,10,14-15,18H,5-6,8,11-13,16-17,19H2,1-4H3. The first-order valence-corrected chi connectivity index (χ1v) is 16.2. The molecule has 1 fully saturated rings. The number of nitrogens with zero attached hydrogens (tertiary/aromatic N) is 7. The number of carbonyl (C=O) groups is 1. The summed E-state index contributed by atoms with van der Waals surface area (Å²) >= 11 is 0. The van der Waals surface area contributed by atoms with E-state index in [-0.39, 0.29) is 12.5 Å². The third kappa shape index (κ3) is 5.60. The summed E-state index contributed by atoms with van der Waals surface area (Å²) in [7, 11) is -1.14. The summed E-state index contributed by atoms with van der Waals surface area (Å²) in [5, 5.41) is 15.0. The molecular formula is C25H35N7O3Si. The van der Waals surface area contributed by atoms with Crippen LogP contribution in [0.3, 0.4) is 0 Å². The maximum atomic E-state index is 12.3. The molecule has 3 aromatic heterocycles. The van der Waals surface area contributed by atoms with E-state index in [9.17, 15) is 10.1 Å². The lowest BCUT2D eigenvalue weighted by Crippen LogP contribution is -2.64. The van der Waals surface area contributed by atoms with Crippen molar-refractivity contribution in [2.24, 2.45) is 0 Å². The van der Waals surface area contributed by atoms with Gasteiger partial charge in [0.05, 0.1) is 44.1 Å². The Labute approximate surface area is 212 Å². The van der Waals surface area contributed by atoms with Crippen LogP contribution in [0.5, 0.6) is 0 Å². The predicted octanol–water partition coefficient (Wildman–Crippen LogP) is 4.47. The molecule has 0 N–H and O–H groups in total. The third-order valence-corrected chi connectivity index (χ3v) is 8.19. The van der Waals surface area contributed by atoms with Crippen molar-refractivity contribution < 1.29 is 14.3 Å². The first kappa shape index (κ1) is 25.8. The highest BCUT2D eigenvalue weighted by Crippen LogP contribution is 2.34. The second kappa shape index (κ2) is 10.8. The van der Waals surface area contributed by atoms with Gasteiger partial charge in [-0.05, 0) is 18.5 Å². The van der Waals surface area contributed by atoms with Gasteiger partial charge in [0.1, 0.15) is 24.2 Å². The lowest BCUT2D eigenvalue weighted by Gasteiger charge is -2.48. The van der Waals surface area contributed by atoms with Gasteiger partial charge in [-0.15, -0.1) is 0 Å². The number of hydrogen-bond acceptors (Lipinski definition) is 7. The van der Waals surface area contributed by atoms with Gasteiger partial charge in [-0.1, -0.05) is 33.0 Å². The van der Waals surface area contributed by atoms with Crippen molar-refractivity contribution in [1.82, 2.24) is 29.2 Å². The van der Waals surface area contributed by atoms with E-state index in [0.717, 1.165) is 47.8 Å². The van der Waals surface area contributed by atoms with Crippen LogP contribution < -0.4 is 0 Å². The minimum atomic E-state index is -1.14. The Morgan fingerprint density at radius 1 is 1.25 bits per heavy atom. The number of aromatic nitrogens is 5. The topological polar surface area (TPSA) is 111 Å². The monoisotopic (exact) mass is 509 g/mol. The number of rotatable bonds is 11. The van der Waals surface area contributed by atoms with Gasteiger partial charge in [-0.2, -0.15) is 10.4 Å². The summed E-state index contributed by atoms with van der Waals surface area (Å²) in [4.78, 5) is 22.9. The smallest absolute Gasteiger partial charge is 0.409 e. The van der Waals surface area contributed by atoms with E-state index in [4.69, 9.17) is 9.47 Å². The van der Waals surface area contributed by atoms with Gasteiger partial charge in [-0.25, -0.2) is 14.8 Å². The van der Waals surface area contributed by atoms with E-state index in [1.807, 2.05) is 30.0 Å². The van der Waals surface area contributed by atoms with E-state index in [1.54, 1.807) is 22.1 Å². The van der Waals surface area contributed by atoms with Crippen LogP contribution in [0.2, 0.25) is 25.7 Å². The van der Waals surface area contributed by atoms with E-state index in [2.05, 4.69) is 40.8 Å². The molecular weight excluding hydrogens is 474 g/mol. The van der Waals surface area contributed by atoms with Crippen molar-refractivity contribution in [2.75, 3.05) is 26.3 Å². The molecule has 1 aliphatic heterocycles.